The van der Waals surface area contributed by atoms with E-state index in [0.29, 0.717) is 0 Å². The Kier molecular flexibility index (Phi) is 4.23. The predicted octanol–water partition coefficient (Wildman–Crippen LogP) is 6.08. The molecule has 3 heteroatoms. The van der Waals surface area contributed by atoms with Crippen LogP contribution in [0.3, 0.4) is 0 Å². The van der Waals surface area contributed by atoms with Gasteiger partial charge in [0.2, 0.25) is 0 Å². The van der Waals surface area contributed by atoms with Crippen molar-refractivity contribution in [2.24, 2.45) is 0 Å². The summed E-state index contributed by atoms with van der Waals surface area (Å²) in [6.45, 7) is 0. The van der Waals surface area contributed by atoms with E-state index in [1.807, 2.05) is 78.9 Å². The first kappa shape index (κ1) is 18.7. The van der Waals surface area contributed by atoms with E-state index in [-0.39, 0.29) is 0 Å². The Morgan fingerprint density at radius 2 is 0.906 bits per heavy atom. The van der Waals surface area contributed by atoms with Crippen molar-refractivity contribution in [3.05, 3.63) is 132 Å². The molecule has 0 aliphatic heterocycles. The van der Waals surface area contributed by atoms with Crippen LogP contribution in [0, 0.1) is 0 Å². The molecule has 0 spiro atoms. The van der Waals surface area contributed by atoms with Crippen molar-refractivity contribution in [3.63, 3.8) is 0 Å². The molecular formula is C29H20N2O. The van der Waals surface area contributed by atoms with Crippen molar-refractivity contribution in [1.82, 2.24) is 9.97 Å². The SMILES string of the molecule is OC1(c2ccccc2)c2c(-c3ccccc3)ccnc2-c2nccc(-c3ccccc3)c21. The number of pyridine rings is 2. The number of benzene rings is 3. The van der Waals surface area contributed by atoms with Gasteiger partial charge in [-0.1, -0.05) is 91.0 Å². The molecular weight excluding hydrogens is 392 g/mol. The molecule has 0 unspecified atom stereocenters. The van der Waals surface area contributed by atoms with Crippen molar-refractivity contribution < 1.29 is 5.11 Å². The van der Waals surface area contributed by atoms with Crippen LogP contribution in [0.5, 0.6) is 0 Å². The minimum absolute atomic E-state index is 0.727. The molecule has 6 rings (SSSR count). The van der Waals surface area contributed by atoms with Gasteiger partial charge < -0.3 is 5.11 Å². The van der Waals surface area contributed by atoms with E-state index in [0.717, 1.165) is 50.3 Å². The maximum atomic E-state index is 12.7. The van der Waals surface area contributed by atoms with Gasteiger partial charge in [0.15, 0.2) is 0 Å². The third kappa shape index (κ3) is 2.65. The maximum absolute atomic E-state index is 12.7. The van der Waals surface area contributed by atoms with Crippen LogP contribution in [0.1, 0.15) is 16.7 Å². The molecule has 2 heterocycles. The van der Waals surface area contributed by atoms with Gasteiger partial charge in [-0.3, -0.25) is 9.97 Å². The predicted molar refractivity (Wildman–Crippen MR) is 127 cm³/mol. The lowest BCUT2D eigenvalue weighted by atomic mass is 9.79. The Bertz CT molecular complexity index is 1330. The zero-order valence-electron chi connectivity index (χ0n) is 17.3. The number of hydrogen-bond donors (Lipinski definition) is 1. The Labute approximate surface area is 186 Å². The molecule has 0 fully saturated rings. The lowest BCUT2D eigenvalue weighted by Crippen LogP contribution is -2.28. The lowest BCUT2D eigenvalue weighted by Gasteiger charge is -2.29. The zero-order chi connectivity index (χ0) is 21.5. The third-order valence-corrected chi connectivity index (χ3v) is 6.21. The number of aliphatic hydroxyl groups is 1. The molecule has 5 aromatic rings. The van der Waals surface area contributed by atoms with E-state index in [1.54, 1.807) is 12.4 Å². The van der Waals surface area contributed by atoms with Gasteiger partial charge in [0, 0.05) is 23.5 Å². The molecule has 0 saturated heterocycles. The topological polar surface area (TPSA) is 46.0 Å². The van der Waals surface area contributed by atoms with E-state index in [9.17, 15) is 5.11 Å². The monoisotopic (exact) mass is 412 g/mol. The van der Waals surface area contributed by atoms with Gasteiger partial charge in [-0.2, -0.15) is 0 Å². The molecule has 0 radical (unpaired) electrons. The second-order valence-corrected chi connectivity index (χ2v) is 7.97. The minimum atomic E-state index is -1.38. The lowest BCUT2D eigenvalue weighted by molar-refractivity contribution is 0.131. The quantitative estimate of drug-likeness (QED) is 0.391. The van der Waals surface area contributed by atoms with E-state index in [2.05, 4.69) is 24.3 Å². The van der Waals surface area contributed by atoms with Crippen molar-refractivity contribution in [2.75, 3.05) is 0 Å². The fraction of sp³-hybridized carbons (Fsp3) is 0.0345. The van der Waals surface area contributed by atoms with Crippen molar-refractivity contribution in [1.29, 1.82) is 0 Å². The molecule has 3 aromatic carbocycles. The standard InChI is InChI=1S/C29H20N2O/c32-29(22-14-8-3-9-15-22)25-23(20-10-4-1-5-11-20)16-18-30-27(25)28-26(29)24(17-19-31-28)21-12-6-2-7-13-21/h1-19,32H. The fourth-order valence-corrected chi connectivity index (χ4v) is 4.82. The number of fused-ring (bicyclic) bond motifs is 3. The average molecular weight is 412 g/mol. The minimum Gasteiger partial charge on any atom is -0.376 e. The molecule has 2 aromatic heterocycles. The van der Waals surface area contributed by atoms with E-state index in [4.69, 9.17) is 9.97 Å². The number of rotatable bonds is 3. The third-order valence-electron chi connectivity index (χ3n) is 6.21. The first-order valence-electron chi connectivity index (χ1n) is 10.7. The number of hydrogen-bond acceptors (Lipinski definition) is 3. The molecule has 3 nitrogen and oxygen atoms in total. The summed E-state index contributed by atoms with van der Waals surface area (Å²) in [7, 11) is 0. The summed E-state index contributed by atoms with van der Waals surface area (Å²) in [6.07, 6.45) is 3.61. The van der Waals surface area contributed by atoms with Crippen LogP contribution in [0.4, 0.5) is 0 Å². The highest BCUT2D eigenvalue weighted by atomic mass is 16.3. The Balaban J connectivity index is 1.74. The fourth-order valence-electron chi connectivity index (χ4n) is 4.82. The summed E-state index contributed by atoms with van der Waals surface area (Å²) >= 11 is 0. The van der Waals surface area contributed by atoms with Gasteiger partial charge in [0.25, 0.3) is 0 Å². The summed E-state index contributed by atoms with van der Waals surface area (Å²) in [5, 5.41) is 12.7. The van der Waals surface area contributed by atoms with Crippen LogP contribution in [0.2, 0.25) is 0 Å². The Morgan fingerprint density at radius 1 is 0.500 bits per heavy atom. The van der Waals surface area contributed by atoms with Gasteiger partial charge in [-0.05, 0) is 39.9 Å². The highest BCUT2D eigenvalue weighted by Crippen LogP contribution is 2.55. The second kappa shape index (κ2) is 7.26. The van der Waals surface area contributed by atoms with Crippen molar-refractivity contribution in [2.45, 2.75) is 5.60 Å². The summed E-state index contributed by atoms with van der Waals surface area (Å²) in [4.78, 5) is 9.44. The van der Waals surface area contributed by atoms with Crippen LogP contribution in [0.15, 0.2) is 116 Å². The van der Waals surface area contributed by atoms with Gasteiger partial charge in [-0.25, -0.2) is 0 Å². The molecule has 1 aliphatic rings. The summed E-state index contributed by atoms with van der Waals surface area (Å²) in [5.74, 6) is 0. The molecule has 152 valence electrons. The van der Waals surface area contributed by atoms with Crippen molar-refractivity contribution in [3.8, 4) is 33.6 Å². The average Bonchev–Trinajstić information content (AvgIpc) is 3.15. The highest BCUT2D eigenvalue weighted by molar-refractivity contribution is 5.90. The summed E-state index contributed by atoms with van der Waals surface area (Å²) in [5.41, 5.74) is 6.42. The number of aromatic nitrogens is 2. The molecule has 0 saturated carbocycles. The van der Waals surface area contributed by atoms with Gasteiger partial charge >= 0.3 is 0 Å². The molecule has 0 atom stereocenters. The maximum Gasteiger partial charge on any atom is 0.146 e. The molecule has 32 heavy (non-hydrogen) atoms. The smallest absolute Gasteiger partial charge is 0.146 e. The second-order valence-electron chi connectivity index (χ2n) is 7.97. The molecule has 1 aliphatic carbocycles. The van der Waals surface area contributed by atoms with E-state index in [1.165, 1.54) is 0 Å². The molecule has 0 amide bonds. The largest absolute Gasteiger partial charge is 0.376 e. The van der Waals surface area contributed by atoms with Crippen LogP contribution in [-0.2, 0) is 5.60 Å². The summed E-state index contributed by atoms with van der Waals surface area (Å²) in [6, 6.07) is 34.1. The van der Waals surface area contributed by atoms with Crippen molar-refractivity contribution >= 4 is 0 Å². The number of nitrogens with zero attached hydrogens (tertiary/aromatic N) is 2. The Morgan fingerprint density at radius 3 is 1.34 bits per heavy atom. The molecule has 0 bridgehead atoms. The first-order valence-corrected chi connectivity index (χ1v) is 10.7. The van der Waals surface area contributed by atoms with Crippen LogP contribution in [0.25, 0.3) is 33.6 Å². The van der Waals surface area contributed by atoms with Gasteiger partial charge in [-0.15, -0.1) is 0 Å². The molecule has 1 N–H and O–H groups in total. The van der Waals surface area contributed by atoms with Gasteiger partial charge in [0.05, 0.1) is 11.4 Å². The van der Waals surface area contributed by atoms with Gasteiger partial charge in [0.1, 0.15) is 5.60 Å². The first-order chi connectivity index (χ1) is 15.8. The van der Waals surface area contributed by atoms with E-state index >= 15 is 0 Å². The van der Waals surface area contributed by atoms with Crippen LogP contribution in [-0.4, -0.2) is 15.1 Å². The summed E-state index contributed by atoms with van der Waals surface area (Å²) < 4.78 is 0. The van der Waals surface area contributed by atoms with Crippen LogP contribution >= 0.6 is 0 Å². The highest BCUT2D eigenvalue weighted by Gasteiger charge is 2.48. The normalized spacial score (nSPS) is 13.4. The van der Waals surface area contributed by atoms with E-state index < -0.39 is 5.60 Å². The Hall–Kier alpha value is -4.08. The van der Waals surface area contributed by atoms with Crippen LogP contribution < -0.4 is 0 Å². The zero-order valence-corrected chi connectivity index (χ0v) is 17.3.